The van der Waals surface area contributed by atoms with Gasteiger partial charge in [-0.1, -0.05) is 24.8 Å². The number of anilines is 1. The van der Waals surface area contributed by atoms with Crippen molar-refractivity contribution in [1.82, 2.24) is 15.2 Å². The first-order valence-electron chi connectivity index (χ1n) is 8.32. The van der Waals surface area contributed by atoms with Gasteiger partial charge in [0.2, 0.25) is 11.1 Å². The lowest BCUT2D eigenvalue weighted by molar-refractivity contribution is -0.113. The number of amides is 1. The smallest absolute Gasteiger partial charge is 0.338 e. The third-order valence-electron chi connectivity index (χ3n) is 3.39. The van der Waals surface area contributed by atoms with Crippen LogP contribution >= 0.6 is 23.1 Å². The molecule has 2 heterocycles. The van der Waals surface area contributed by atoms with E-state index < -0.39 is 0 Å². The normalized spacial score (nSPS) is 10.6. The maximum atomic E-state index is 12.1. The number of benzene rings is 1. The van der Waals surface area contributed by atoms with Gasteiger partial charge in [0, 0.05) is 5.69 Å². The summed E-state index contributed by atoms with van der Waals surface area (Å²) in [5, 5.41) is 12.2. The van der Waals surface area contributed by atoms with Crippen molar-refractivity contribution in [2.24, 2.45) is 0 Å². The van der Waals surface area contributed by atoms with E-state index in [1.807, 2.05) is 24.4 Å². The van der Waals surface area contributed by atoms with E-state index in [2.05, 4.69) is 20.5 Å². The third kappa shape index (κ3) is 5.41. The van der Waals surface area contributed by atoms with Crippen LogP contribution in [-0.4, -0.2) is 39.4 Å². The van der Waals surface area contributed by atoms with Crippen LogP contribution in [0.15, 0.2) is 46.9 Å². The van der Waals surface area contributed by atoms with Crippen LogP contribution < -0.4 is 5.32 Å². The van der Waals surface area contributed by atoms with Gasteiger partial charge in [0.05, 0.1) is 22.8 Å². The first-order chi connectivity index (χ1) is 13.2. The third-order valence-corrected chi connectivity index (χ3v) is 5.12. The Morgan fingerprint density at radius 2 is 2.07 bits per heavy atom. The lowest BCUT2D eigenvalue weighted by Gasteiger charge is -2.06. The van der Waals surface area contributed by atoms with Gasteiger partial charge in [0.1, 0.15) is 0 Å². The molecule has 1 aromatic carbocycles. The second-order valence-corrected chi connectivity index (χ2v) is 7.38. The highest BCUT2D eigenvalue weighted by atomic mass is 32.2. The van der Waals surface area contributed by atoms with Crippen LogP contribution in [0, 0.1) is 0 Å². The van der Waals surface area contributed by atoms with Crippen LogP contribution in [-0.2, 0) is 9.53 Å². The van der Waals surface area contributed by atoms with Crippen LogP contribution in [0.3, 0.4) is 0 Å². The Morgan fingerprint density at radius 1 is 1.26 bits per heavy atom. The highest BCUT2D eigenvalue weighted by Crippen LogP contribution is 2.23. The number of H-pyrrole nitrogens is 1. The summed E-state index contributed by atoms with van der Waals surface area (Å²) in [4.78, 5) is 29.2. The van der Waals surface area contributed by atoms with Gasteiger partial charge in [-0.05, 0) is 42.1 Å². The number of nitrogens with one attached hydrogen (secondary N) is 2. The summed E-state index contributed by atoms with van der Waals surface area (Å²) >= 11 is 2.82. The Morgan fingerprint density at radius 3 is 2.78 bits per heavy atom. The van der Waals surface area contributed by atoms with Gasteiger partial charge in [0.25, 0.3) is 0 Å². The Kier molecular flexibility index (Phi) is 6.61. The molecule has 9 heteroatoms. The van der Waals surface area contributed by atoms with Crippen molar-refractivity contribution in [1.29, 1.82) is 0 Å². The van der Waals surface area contributed by atoms with Crippen LogP contribution in [0.5, 0.6) is 0 Å². The average Bonchev–Trinajstić information content (AvgIpc) is 3.36. The first kappa shape index (κ1) is 19.1. The van der Waals surface area contributed by atoms with E-state index in [-0.39, 0.29) is 17.6 Å². The lowest BCUT2D eigenvalue weighted by atomic mass is 10.2. The summed E-state index contributed by atoms with van der Waals surface area (Å²) in [5.74, 6) is 0.334. The summed E-state index contributed by atoms with van der Waals surface area (Å²) in [6, 6.07) is 10.5. The minimum absolute atomic E-state index is 0.177. The molecule has 0 fully saturated rings. The minimum Gasteiger partial charge on any atom is -0.462 e. The van der Waals surface area contributed by atoms with Crippen molar-refractivity contribution in [3.05, 3.63) is 47.3 Å². The molecule has 2 aromatic heterocycles. The molecule has 0 aliphatic rings. The highest BCUT2D eigenvalue weighted by molar-refractivity contribution is 7.99. The van der Waals surface area contributed by atoms with Crippen LogP contribution in [0.1, 0.15) is 23.7 Å². The summed E-state index contributed by atoms with van der Waals surface area (Å²) < 4.78 is 5.07. The summed E-state index contributed by atoms with van der Waals surface area (Å²) in [7, 11) is 0. The molecular weight excluding hydrogens is 384 g/mol. The van der Waals surface area contributed by atoms with Gasteiger partial charge in [-0.3, -0.25) is 9.89 Å². The average molecular weight is 403 g/mol. The van der Waals surface area contributed by atoms with Gasteiger partial charge in [0.15, 0.2) is 5.82 Å². The second-order valence-electron chi connectivity index (χ2n) is 5.49. The molecule has 0 saturated heterocycles. The van der Waals surface area contributed by atoms with Gasteiger partial charge in [-0.15, -0.1) is 16.4 Å². The van der Waals surface area contributed by atoms with E-state index in [4.69, 9.17) is 4.74 Å². The fourth-order valence-electron chi connectivity index (χ4n) is 2.13. The molecule has 0 radical (unpaired) electrons. The summed E-state index contributed by atoms with van der Waals surface area (Å²) in [6.45, 7) is 2.33. The predicted molar refractivity (Wildman–Crippen MR) is 106 cm³/mol. The van der Waals surface area contributed by atoms with E-state index in [0.717, 1.165) is 11.3 Å². The zero-order valence-corrected chi connectivity index (χ0v) is 16.2. The number of hydrogen-bond acceptors (Lipinski definition) is 7. The van der Waals surface area contributed by atoms with E-state index >= 15 is 0 Å². The Labute approximate surface area is 164 Å². The van der Waals surface area contributed by atoms with E-state index in [1.54, 1.807) is 35.6 Å². The monoisotopic (exact) mass is 402 g/mol. The van der Waals surface area contributed by atoms with Gasteiger partial charge in [-0.25, -0.2) is 9.78 Å². The number of rotatable bonds is 8. The maximum absolute atomic E-state index is 12.1. The number of carbonyl (C=O) groups is 2. The number of hydrogen-bond donors (Lipinski definition) is 2. The fourth-order valence-corrected chi connectivity index (χ4v) is 3.39. The Balaban J connectivity index is 1.48. The molecule has 0 spiro atoms. The molecule has 7 nitrogen and oxygen atoms in total. The van der Waals surface area contributed by atoms with Gasteiger partial charge >= 0.3 is 5.97 Å². The molecule has 3 aromatic rings. The Bertz CT molecular complexity index is 892. The lowest BCUT2D eigenvalue weighted by Crippen LogP contribution is -2.14. The largest absolute Gasteiger partial charge is 0.462 e. The standard InChI is InChI=1S/C18H18N4O3S2/c1-2-9-25-17(24)12-5-7-13(8-6-12)19-15(23)11-27-18-20-16(21-22-18)14-4-3-10-26-14/h3-8,10H,2,9,11H2,1H3,(H,19,23)(H,20,21,22). The molecular formula is C18H18N4O3S2. The first-order valence-corrected chi connectivity index (χ1v) is 10.2. The molecule has 0 saturated carbocycles. The number of aromatic nitrogens is 3. The summed E-state index contributed by atoms with van der Waals surface area (Å²) in [6.07, 6.45) is 0.775. The van der Waals surface area contributed by atoms with E-state index in [9.17, 15) is 9.59 Å². The topological polar surface area (TPSA) is 97.0 Å². The molecule has 0 aliphatic carbocycles. The number of aromatic amines is 1. The predicted octanol–water partition coefficient (Wildman–Crippen LogP) is 3.83. The quantitative estimate of drug-likeness (QED) is 0.439. The van der Waals surface area contributed by atoms with Crippen molar-refractivity contribution in [3.63, 3.8) is 0 Å². The summed E-state index contributed by atoms with van der Waals surface area (Å²) in [5.41, 5.74) is 1.07. The number of carbonyl (C=O) groups excluding carboxylic acids is 2. The number of thiophene rings is 1. The van der Waals surface area contributed by atoms with Crippen molar-refractivity contribution < 1.29 is 14.3 Å². The van der Waals surface area contributed by atoms with Crippen molar-refractivity contribution in [2.45, 2.75) is 18.5 Å². The highest BCUT2D eigenvalue weighted by Gasteiger charge is 2.11. The van der Waals surface area contributed by atoms with Crippen molar-refractivity contribution in [2.75, 3.05) is 17.7 Å². The van der Waals surface area contributed by atoms with E-state index in [1.165, 1.54) is 11.8 Å². The molecule has 0 bridgehead atoms. The zero-order valence-electron chi connectivity index (χ0n) is 14.6. The number of thioether (sulfide) groups is 1. The molecule has 2 N–H and O–H groups in total. The SMILES string of the molecule is CCCOC(=O)c1ccc(NC(=O)CSc2n[nH]c(-c3cccs3)n2)cc1. The molecule has 1 amide bonds. The molecule has 0 unspecified atom stereocenters. The van der Waals surface area contributed by atoms with Gasteiger partial charge in [-0.2, -0.15) is 0 Å². The number of nitrogens with zero attached hydrogens (tertiary/aromatic N) is 2. The second kappa shape index (κ2) is 9.33. The van der Waals surface area contributed by atoms with E-state index in [0.29, 0.717) is 28.8 Å². The molecule has 0 aliphatic heterocycles. The molecule has 3 rings (SSSR count). The Hall–Kier alpha value is -2.65. The molecule has 140 valence electrons. The molecule has 0 atom stereocenters. The zero-order chi connectivity index (χ0) is 19.1. The molecule has 27 heavy (non-hydrogen) atoms. The number of esters is 1. The van der Waals surface area contributed by atoms with Crippen LogP contribution in [0.4, 0.5) is 5.69 Å². The number of ether oxygens (including phenoxy) is 1. The van der Waals surface area contributed by atoms with Gasteiger partial charge < -0.3 is 10.1 Å². The fraction of sp³-hybridized carbons (Fsp3) is 0.222. The minimum atomic E-state index is -0.364. The van der Waals surface area contributed by atoms with Crippen LogP contribution in [0.2, 0.25) is 0 Å². The maximum Gasteiger partial charge on any atom is 0.338 e. The van der Waals surface area contributed by atoms with Crippen molar-refractivity contribution in [3.8, 4) is 10.7 Å². The van der Waals surface area contributed by atoms with Crippen molar-refractivity contribution >= 4 is 40.7 Å². The van der Waals surface area contributed by atoms with Crippen LogP contribution in [0.25, 0.3) is 10.7 Å².